The Kier molecular flexibility index (Phi) is 4.28. The van der Waals surface area contributed by atoms with Gasteiger partial charge in [0.15, 0.2) is 5.50 Å². The first-order valence-electron chi connectivity index (χ1n) is 5.22. The molecule has 1 unspecified atom stereocenters. The highest BCUT2D eigenvalue weighted by atomic mass is 35.5. The molecule has 0 aliphatic rings. The van der Waals surface area contributed by atoms with Crippen molar-refractivity contribution in [3.8, 4) is 0 Å². The van der Waals surface area contributed by atoms with E-state index in [0.717, 1.165) is 0 Å². The lowest BCUT2D eigenvalue weighted by Crippen LogP contribution is -1.90. The van der Waals surface area contributed by atoms with Gasteiger partial charge >= 0.3 is 0 Å². The van der Waals surface area contributed by atoms with E-state index in [1.54, 1.807) is 42.5 Å². The Morgan fingerprint density at radius 1 is 1.00 bits per heavy atom. The molecule has 0 aromatic heterocycles. The summed E-state index contributed by atoms with van der Waals surface area (Å²) in [5.74, 6) is -0.407. The minimum absolute atomic E-state index is 0.287. The van der Waals surface area contributed by atoms with Crippen LogP contribution in [0.25, 0.3) is 0 Å². The summed E-state index contributed by atoms with van der Waals surface area (Å²) in [6.07, 6.45) is 0. The predicted octanol–water partition coefficient (Wildman–Crippen LogP) is 5.50. The van der Waals surface area contributed by atoms with E-state index in [1.165, 1.54) is 6.07 Å². The van der Waals surface area contributed by atoms with Crippen LogP contribution in [-0.2, 0) is 0 Å². The van der Waals surface area contributed by atoms with Gasteiger partial charge in [-0.2, -0.15) is 10.2 Å². The number of hydrogen-bond acceptors (Lipinski definition) is 2. The molecule has 0 amide bonds. The zero-order valence-corrected chi connectivity index (χ0v) is 10.7. The Morgan fingerprint density at radius 3 is 2.39 bits per heavy atom. The molecule has 5 heteroatoms. The maximum absolute atomic E-state index is 13.4. The molecule has 2 aromatic carbocycles. The SMILES string of the molecule is Fc1ccccc1C(Cl)N=Nc1ccccc1Cl. The van der Waals surface area contributed by atoms with E-state index in [0.29, 0.717) is 10.7 Å². The van der Waals surface area contributed by atoms with E-state index >= 15 is 0 Å². The highest BCUT2D eigenvalue weighted by Gasteiger charge is 2.11. The first-order chi connectivity index (χ1) is 8.68. The van der Waals surface area contributed by atoms with Gasteiger partial charge in [-0.1, -0.05) is 53.5 Å². The fraction of sp³-hybridized carbons (Fsp3) is 0.0769. The van der Waals surface area contributed by atoms with Crippen LogP contribution in [-0.4, -0.2) is 0 Å². The third-order valence-electron chi connectivity index (χ3n) is 2.28. The van der Waals surface area contributed by atoms with Crippen LogP contribution in [0.4, 0.5) is 10.1 Å². The van der Waals surface area contributed by atoms with Crippen molar-refractivity contribution < 1.29 is 4.39 Å². The zero-order valence-electron chi connectivity index (χ0n) is 9.22. The molecule has 2 aromatic rings. The van der Waals surface area contributed by atoms with Gasteiger partial charge in [0.1, 0.15) is 11.5 Å². The van der Waals surface area contributed by atoms with Crippen LogP contribution in [0.15, 0.2) is 58.8 Å². The molecule has 0 saturated carbocycles. The maximum Gasteiger partial charge on any atom is 0.172 e. The van der Waals surface area contributed by atoms with Gasteiger partial charge < -0.3 is 0 Å². The van der Waals surface area contributed by atoms with Crippen LogP contribution in [0.2, 0.25) is 5.02 Å². The fourth-order valence-corrected chi connectivity index (χ4v) is 1.77. The molecule has 0 fully saturated rings. The van der Waals surface area contributed by atoms with Crippen molar-refractivity contribution in [3.05, 3.63) is 64.9 Å². The average Bonchev–Trinajstić information content (AvgIpc) is 2.38. The molecule has 0 bridgehead atoms. The highest BCUT2D eigenvalue weighted by Crippen LogP contribution is 2.29. The van der Waals surface area contributed by atoms with Gasteiger partial charge in [0.05, 0.1) is 5.02 Å². The summed E-state index contributed by atoms with van der Waals surface area (Å²) in [5.41, 5.74) is -0.0846. The van der Waals surface area contributed by atoms with Crippen molar-refractivity contribution in [1.82, 2.24) is 0 Å². The van der Waals surface area contributed by atoms with Gasteiger partial charge in [-0.05, 0) is 18.2 Å². The topological polar surface area (TPSA) is 24.7 Å². The summed E-state index contributed by atoms with van der Waals surface area (Å²) >= 11 is 11.9. The summed E-state index contributed by atoms with van der Waals surface area (Å²) in [7, 11) is 0. The lowest BCUT2D eigenvalue weighted by molar-refractivity contribution is 0.606. The van der Waals surface area contributed by atoms with Crippen molar-refractivity contribution in [1.29, 1.82) is 0 Å². The van der Waals surface area contributed by atoms with Gasteiger partial charge in [-0.3, -0.25) is 0 Å². The van der Waals surface area contributed by atoms with E-state index in [4.69, 9.17) is 23.2 Å². The van der Waals surface area contributed by atoms with Gasteiger partial charge in [0.2, 0.25) is 0 Å². The molecule has 0 heterocycles. The number of benzene rings is 2. The van der Waals surface area contributed by atoms with Crippen molar-refractivity contribution in [3.63, 3.8) is 0 Å². The molecule has 0 saturated heterocycles. The molecule has 0 aliphatic heterocycles. The number of hydrogen-bond donors (Lipinski definition) is 0. The standard InChI is InChI=1S/C13H9Cl2FN2/c14-10-6-2-4-8-12(10)17-18-13(15)9-5-1-3-7-11(9)16/h1-8,13H. The van der Waals surface area contributed by atoms with E-state index in [2.05, 4.69) is 10.2 Å². The average molecular weight is 283 g/mol. The first-order valence-corrected chi connectivity index (χ1v) is 6.04. The molecule has 0 N–H and O–H groups in total. The van der Waals surface area contributed by atoms with E-state index in [9.17, 15) is 4.39 Å². The van der Waals surface area contributed by atoms with Crippen molar-refractivity contribution in [2.45, 2.75) is 5.50 Å². The lowest BCUT2D eigenvalue weighted by atomic mass is 10.2. The monoisotopic (exact) mass is 282 g/mol. The molecule has 0 spiro atoms. The normalized spacial score (nSPS) is 12.8. The summed E-state index contributed by atoms with van der Waals surface area (Å²) < 4.78 is 13.4. The second-order valence-corrected chi connectivity index (χ2v) is 4.34. The summed E-state index contributed by atoms with van der Waals surface area (Å²) in [5, 5.41) is 8.24. The van der Waals surface area contributed by atoms with Crippen LogP contribution >= 0.6 is 23.2 Å². The number of halogens is 3. The van der Waals surface area contributed by atoms with E-state index in [-0.39, 0.29) is 5.56 Å². The summed E-state index contributed by atoms with van der Waals surface area (Å²) in [6.45, 7) is 0. The fourth-order valence-electron chi connectivity index (χ4n) is 1.38. The molecule has 0 aliphatic carbocycles. The lowest BCUT2D eigenvalue weighted by Gasteiger charge is -2.04. The Hall–Kier alpha value is -1.45. The number of azo groups is 1. The highest BCUT2D eigenvalue weighted by molar-refractivity contribution is 6.32. The molecular formula is C13H9Cl2FN2. The molecule has 2 rings (SSSR count). The summed E-state index contributed by atoms with van der Waals surface area (Å²) in [4.78, 5) is 0. The Morgan fingerprint density at radius 2 is 1.67 bits per heavy atom. The van der Waals surface area contributed by atoms with Crippen LogP contribution in [0.3, 0.4) is 0 Å². The Balaban J connectivity index is 2.20. The number of rotatable bonds is 3. The van der Waals surface area contributed by atoms with Crippen molar-refractivity contribution >= 4 is 28.9 Å². The molecule has 2 nitrogen and oxygen atoms in total. The summed E-state index contributed by atoms with van der Waals surface area (Å²) in [6, 6.07) is 13.2. The molecular weight excluding hydrogens is 274 g/mol. The van der Waals surface area contributed by atoms with Crippen LogP contribution in [0, 0.1) is 5.82 Å². The minimum atomic E-state index is -0.873. The molecule has 92 valence electrons. The van der Waals surface area contributed by atoms with Crippen LogP contribution in [0.1, 0.15) is 11.1 Å². The van der Waals surface area contributed by atoms with Crippen molar-refractivity contribution in [2.75, 3.05) is 0 Å². The Bertz CT molecular complexity index is 572. The van der Waals surface area contributed by atoms with E-state index in [1.807, 2.05) is 0 Å². The van der Waals surface area contributed by atoms with Crippen molar-refractivity contribution in [2.24, 2.45) is 10.2 Å². The smallest absolute Gasteiger partial charge is 0.172 e. The predicted molar refractivity (Wildman–Crippen MR) is 71.0 cm³/mol. The van der Waals surface area contributed by atoms with Gasteiger partial charge in [-0.25, -0.2) is 4.39 Å². The minimum Gasteiger partial charge on any atom is -0.207 e. The molecule has 0 radical (unpaired) electrons. The van der Waals surface area contributed by atoms with Crippen LogP contribution < -0.4 is 0 Å². The third kappa shape index (κ3) is 3.06. The molecule has 1 atom stereocenters. The maximum atomic E-state index is 13.4. The van der Waals surface area contributed by atoms with Gasteiger partial charge in [0.25, 0.3) is 0 Å². The first kappa shape index (κ1) is 13.0. The second-order valence-electron chi connectivity index (χ2n) is 3.52. The van der Waals surface area contributed by atoms with E-state index < -0.39 is 11.3 Å². The Labute approximate surface area is 114 Å². The number of alkyl halides is 1. The zero-order chi connectivity index (χ0) is 13.0. The quantitative estimate of drug-likeness (QED) is 0.403. The molecule has 18 heavy (non-hydrogen) atoms. The van der Waals surface area contributed by atoms with Gasteiger partial charge in [0, 0.05) is 5.56 Å². The largest absolute Gasteiger partial charge is 0.207 e. The third-order valence-corrected chi connectivity index (χ3v) is 2.92. The van der Waals surface area contributed by atoms with Crippen LogP contribution in [0.5, 0.6) is 0 Å². The second kappa shape index (κ2) is 5.94. The number of nitrogens with zero attached hydrogens (tertiary/aromatic N) is 2. The van der Waals surface area contributed by atoms with Gasteiger partial charge in [-0.15, -0.1) is 0 Å².